The Balaban J connectivity index is 2.27. The number of nitrogens with zero attached hydrogens (tertiary/aromatic N) is 2. The molecule has 0 bridgehead atoms. The SMILES string of the molecule is CC(C)c1c(N)ncnc1NC(C)c1ccccc1. The van der Waals surface area contributed by atoms with E-state index in [1.165, 1.54) is 11.9 Å². The Morgan fingerprint density at radius 3 is 2.37 bits per heavy atom. The Morgan fingerprint density at radius 1 is 1.05 bits per heavy atom. The molecule has 0 saturated carbocycles. The Labute approximate surface area is 114 Å². The molecule has 1 heterocycles. The predicted octanol–water partition coefficient (Wildman–Crippen LogP) is 3.36. The predicted molar refractivity (Wildman–Crippen MR) is 79.0 cm³/mol. The highest BCUT2D eigenvalue weighted by Gasteiger charge is 2.15. The summed E-state index contributed by atoms with van der Waals surface area (Å²) in [5, 5.41) is 3.42. The van der Waals surface area contributed by atoms with Crippen LogP contribution in [0.4, 0.5) is 11.6 Å². The third kappa shape index (κ3) is 3.02. The molecule has 0 aliphatic heterocycles. The molecule has 1 unspecified atom stereocenters. The van der Waals surface area contributed by atoms with Gasteiger partial charge in [-0.25, -0.2) is 9.97 Å². The van der Waals surface area contributed by atoms with Crippen molar-refractivity contribution in [2.45, 2.75) is 32.7 Å². The summed E-state index contributed by atoms with van der Waals surface area (Å²) in [7, 11) is 0. The van der Waals surface area contributed by atoms with Crippen molar-refractivity contribution in [2.75, 3.05) is 11.1 Å². The van der Waals surface area contributed by atoms with Crippen LogP contribution in [0.15, 0.2) is 36.7 Å². The van der Waals surface area contributed by atoms with Crippen molar-refractivity contribution in [2.24, 2.45) is 0 Å². The Hall–Kier alpha value is -2.10. The molecule has 4 heteroatoms. The molecule has 1 aromatic heterocycles. The highest BCUT2D eigenvalue weighted by Crippen LogP contribution is 2.28. The van der Waals surface area contributed by atoms with E-state index in [4.69, 9.17) is 5.73 Å². The van der Waals surface area contributed by atoms with Crippen LogP contribution < -0.4 is 11.1 Å². The molecule has 3 N–H and O–H groups in total. The second-order valence-corrected chi connectivity index (χ2v) is 4.95. The highest BCUT2D eigenvalue weighted by atomic mass is 15.1. The van der Waals surface area contributed by atoms with Gasteiger partial charge in [-0.15, -0.1) is 0 Å². The summed E-state index contributed by atoms with van der Waals surface area (Å²) in [6.07, 6.45) is 1.50. The molecule has 0 fully saturated rings. The van der Waals surface area contributed by atoms with Gasteiger partial charge in [0.1, 0.15) is 18.0 Å². The molecular weight excluding hydrogens is 236 g/mol. The van der Waals surface area contributed by atoms with Gasteiger partial charge in [0.05, 0.1) is 0 Å². The van der Waals surface area contributed by atoms with Gasteiger partial charge in [-0.1, -0.05) is 44.2 Å². The average Bonchev–Trinajstić information content (AvgIpc) is 2.39. The lowest BCUT2D eigenvalue weighted by Crippen LogP contribution is -2.12. The Morgan fingerprint density at radius 2 is 1.74 bits per heavy atom. The maximum Gasteiger partial charge on any atom is 0.135 e. The first-order valence-corrected chi connectivity index (χ1v) is 6.51. The quantitative estimate of drug-likeness (QED) is 0.880. The van der Waals surface area contributed by atoms with Crippen LogP contribution in [0.2, 0.25) is 0 Å². The van der Waals surface area contributed by atoms with Crippen molar-refractivity contribution < 1.29 is 0 Å². The molecule has 1 atom stereocenters. The van der Waals surface area contributed by atoms with Crippen molar-refractivity contribution in [3.05, 3.63) is 47.8 Å². The van der Waals surface area contributed by atoms with E-state index < -0.39 is 0 Å². The molecule has 0 aliphatic carbocycles. The van der Waals surface area contributed by atoms with Gasteiger partial charge < -0.3 is 11.1 Å². The molecule has 0 amide bonds. The number of nitrogens with two attached hydrogens (primary N) is 1. The van der Waals surface area contributed by atoms with Crippen LogP contribution >= 0.6 is 0 Å². The molecule has 19 heavy (non-hydrogen) atoms. The van der Waals surface area contributed by atoms with Crippen molar-refractivity contribution in [3.63, 3.8) is 0 Å². The minimum absolute atomic E-state index is 0.174. The molecule has 0 spiro atoms. The highest BCUT2D eigenvalue weighted by molar-refractivity contribution is 5.57. The number of hydrogen-bond acceptors (Lipinski definition) is 4. The number of nitrogen functional groups attached to an aromatic ring is 1. The van der Waals surface area contributed by atoms with Gasteiger partial charge >= 0.3 is 0 Å². The largest absolute Gasteiger partial charge is 0.383 e. The molecular formula is C15H20N4. The van der Waals surface area contributed by atoms with Gasteiger partial charge in [0, 0.05) is 11.6 Å². The topological polar surface area (TPSA) is 63.8 Å². The minimum Gasteiger partial charge on any atom is -0.383 e. The van der Waals surface area contributed by atoms with Crippen molar-refractivity contribution in [1.82, 2.24) is 9.97 Å². The number of aromatic nitrogens is 2. The standard InChI is InChI=1S/C15H20N4/c1-10(2)13-14(16)17-9-18-15(13)19-11(3)12-7-5-4-6-8-12/h4-11H,1-3H3,(H3,16,17,18,19). The van der Waals surface area contributed by atoms with Crippen LogP contribution in [0.3, 0.4) is 0 Å². The molecule has 4 nitrogen and oxygen atoms in total. The second-order valence-electron chi connectivity index (χ2n) is 4.95. The van der Waals surface area contributed by atoms with Crippen LogP contribution in [0.25, 0.3) is 0 Å². The Bertz CT molecular complexity index is 537. The summed E-state index contributed by atoms with van der Waals surface area (Å²) in [6, 6.07) is 10.4. The zero-order valence-electron chi connectivity index (χ0n) is 11.6. The van der Waals surface area contributed by atoms with Crippen LogP contribution in [0.1, 0.15) is 43.9 Å². The summed E-state index contributed by atoms with van der Waals surface area (Å²) < 4.78 is 0. The molecule has 0 radical (unpaired) electrons. The number of anilines is 2. The average molecular weight is 256 g/mol. The number of rotatable bonds is 4. The molecule has 1 aromatic carbocycles. The Kier molecular flexibility index (Phi) is 4.00. The van der Waals surface area contributed by atoms with E-state index in [1.807, 2.05) is 18.2 Å². The molecule has 100 valence electrons. The van der Waals surface area contributed by atoms with E-state index in [0.717, 1.165) is 11.4 Å². The number of nitrogens with one attached hydrogen (secondary N) is 1. The van der Waals surface area contributed by atoms with Gasteiger partial charge in [-0.3, -0.25) is 0 Å². The first kappa shape index (κ1) is 13.3. The number of hydrogen-bond donors (Lipinski definition) is 2. The first-order valence-electron chi connectivity index (χ1n) is 6.51. The molecule has 2 aromatic rings. The van der Waals surface area contributed by atoms with Gasteiger partial charge in [-0.05, 0) is 18.4 Å². The summed E-state index contributed by atoms with van der Waals surface area (Å²) in [6.45, 7) is 6.29. The molecule has 0 aliphatic rings. The molecule has 0 saturated heterocycles. The smallest absolute Gasteiger partial charge is 0.135 e. The van der Waals surface area contributed by atoms with Gasteiger partial charge in [0.15, 0.2) is 0 Å². The van der Waals surface area contributed by atoms with E-state index >= 15 is 0 Å². The van der Waals surface area contributed by atoms with Gasteiger partial charge in [0.2, 0.25) is 0 Å². The normalized spacial score (nSPS) is 12.4. The summed E-state index contributed by atoms with van der Waals surface area (Å²) in [4.78, 5) is 8.39. The lowest BCUT2D eigenvalue weighted by atomic mass is 10.0. The lowest BCUT2D eigenvalue weighted by Gasteiger charge is -2.19. The van der Waals surface area contributed by atoms with Crippen molar-refractivity contribution in [1.29, 1.82) is 0 Å². The fourth-order valence-corrected chi connectivity index (χ4v) is 2.12. The molecule has 2 rings (SSSR count). The lowest BCUT2D eigenvalue weighted by molar-refractivity contribution is 0.822. The van der Waals surface area contributed by atoms with Crippen LogP contribution in [0, 0.1) is 0 Å². The van der Waals surface area contributed by atoms with E-state index in [-0.39, 0.29) is 12.0 Å². The van der Waals surface area contributed by atoms with E-state index in [1.54, 1.807) is 0 Å². The third-order valence-corrected chi connectivity index (χ3v) is 3.14. The second kappa shape index (κ2) is 5.69. The maximum absolute atomic E-state index is 5.95. The monoisotopic (exact) mass is 256 g/mol. The summed E-state index contributed by atoms with van der Waals surface area (Å²) in [5.74, 6) is 1.65. The third-order valence-electron chi connectivity index (χ3n) is 3.14. The summed E-state index contributed by atoms with van der Waals surface area (Å²) >= 11 is 0. The van der Waals surface area contributed by atoms with E-state index in [0.29, 0.717) is 5.82 Å². The van der Waals surface area contributed by atoms with Crippen molar-refractivity contribution >= 4 is 11.6 Å². The van der Waals surface area contributed by atoms with Crippen molar-refractivity contribution in [3.8, 4) is 0 Å². The van der Waals surface area contributed by atoms with E-state index in [9.17, 15) is 0 Å². The zero-order chi connectivity index (χ0) is 13.8. The van der Waals surface area contributed by atoms with E-state index in [2.05, 4.69) is 48.2 Å². The van der Waals surface area contributed by atoms with Gasteiger partial charge in [-0.2, -0.15) is 0 Å². The zero-order valence-corrected chi connectivity index (χ0v) is 11.6. The van der Waals surface area contributed by atoms with Crippen LogP contribution in [-0.2, 0) is 0 Å². The van der Waals surface area contributed by atoms with Gasteiger partial charge in [0.25, 0.3) is 0 Å². The minimum atomic E-state index is 0.174. The first-order chi connectivity index (χ1) is 9.09. The fraction of sp³-hybridized carbons (Fsp3) is 0.333. The fourth-order valence-electron chi connectivity index (χ4n) is 2.12. The summed E-state index contributed by atoms with van der Waals surface area (Å²) in [5.41, 5.74) is 8.14. The number of benzene rings is 1. The van der Waals surface area contributed by atoms with Crippen LogP contribution in [0.5, 0.6) is 0 Å². The maximum atomic E-state index is 5.95. The van der Waals surface area contributed by atoms with Crippen LogP contribution in [-0.4, -0.2) is 9.97 Å².